The van der Waals surface area contributed by atoms with Crippen LogP contribution in [0.4, 0.5) is 0 Å². The number of imidazole rings is 3. The van der Waals surface area contributed by atoms with Gasteiger partial charge in [-0.1, -0.05) is 114 Å². The highest BCUT2D eigenvalue weighted by Gasteiger charge is 2.33. The summed E-state index contributed by atoms with van der Waals surface area (Å²) in [7, 11) is 0. The van der Waals surface area contributed by atoms with E-state index in [1.807, 2.05) is 0 Å². The monoisotopic (exact) mass is 904 g/mol. The van der Waals surface area contributed by atoms with E-state index >= 15 is 0 Å². The molecule has 0 saturated heterocycles. The predicted molar refractivity (Wildman–Crippen MR) is 283 cm³/mol. The van der Waals surface area contributed by atoms with Gasteiger partial charge in [-0.05, 0) is 141 Å². The van der Waals surface area contributed by atoms with Gasteiger partial charge in [0, 0.05) is 33.4 Å². The van der Waals surface area contributed by atoms with Gasteiger partial charge in [0.05, 0.1) is 0 Å². The molecule has 6 heterocycles. The third-order valence-corrected chi connectivity index (χ3v) is 16.7. The summed E-state index contributed by atoms with van der Waals surface area (Å²) in [5.74, 6) is 0. The largest absolute Gasteiger partial charge is 0.245 e. The van der Waals surface area contributed by atoms with Gasteiger partial charge in [-0.15, -0.1) is 0 Å². The molecule has 0 atom stereocenters. The fourth-order valence-corrected chi connectivity index (χ4v) is 13.6. The van der Waals surface area contributed by atoms with Crippen LogP contribution >= 0.6 is 0 Å². The number of fused-ring (bicyclic) bond motifs is 6. The van der Waals surface area contributed by atoms with Crippen molar-refractivity contribution in [1.29, 1.82) is 0 Å². The normalized spacial score (nSPS) is 13.7. The van der Waals surface area contributed by atoms with E-state index in [1.54, 1.807) is 0 Å². The fraction of sp³-hybridized carbons (Fsp3) is 0.286. The van der Waals surface area contributed by atoms with Gasteiger partial charge < -0.3 is 0 Å². The van der Waals surface area contributed by atoms with E-state index in [0.29, 0.717) is 0 Å². The maximum atomic E-state index is 2.63. The van der Waals surface area contributed by atoms with E-state index in [9.17, 15) is 0 Å². The van der Waals surface area contributed by atoms with Gasteiger partial charge in [0.2, 0.25) is 19.0 Å². The summed E-state index contributed by atoms with van der Waals surface area (Å²) in [6.45, 7) is 19.4. The summed E-state index contributed by atoms with van der Waals surface area (Å²) in [6, 6.07) is 41.8. The number of aromatic nitrogens is 6. The minimum atomic E-state index is 0.818. The molecule has 0 amide bonds. The third-order valence-electron chi connectivity index (χ3n) is 16.7. The molecule has 3 aliphatic heterocycles. The average molecular weight is 904 g/mol. The van der Waals surface area contributed by atoms with Gasteiger partial charge in [0.1, 0.15) is 39.3 Å². The number of hydrogen-bond donors (Lipinski definition) is 0. The molecule has 3 aromatic heterocycles. The van der Waals surface area contributed by atoms with Gasteiger partial charge in [-0.25, -0.2) is 27.4 Å². The molecule has 0 aliphatic carbocycles. The number of benzene rings is 8. The second kappa shape index (κ2) is 16.3. The van der Waals surface area contributed by atoms with Crippen LogP contribution in [0, 0.1) is 0 Å². The Morgan fingerprint density at radius 2 is 0.551 bits per heavy atom. The lowest BCUT2D eigenvalue weighted by atomic mass is 9.83. The smallest absolute Gasteiger partial charge is 0.226 e. The summed E-state index contributed by atoms with van der Waals surface area (Å²) in [5.41, 5.74) is 26.0. The Morgan fingerprint density at radius 3 is 0.797 bits per heavy atom. The minimum Gasteiger partial charge on any atom is -0.226 e. The molecule has 11 aromatic rings. The molecular weight excluding hydrogens is 841 g/mol. The van der Waals surface area contributed by atoms with E-state index in [2.05, 4.69) is 197 Å². The summed E-state index contributed by atoms with van der Waals surface area (Å²) in [5, 5.41) is 7.76. The second-order valence-corrected chi connectivity index (χ2v) is 20.0. The average Bonchev–Trinajstić information content (AvgIpc) is 4.00. The van der Waals surface area contributed by atoms with Crippen molar-refractivity contribution in [2.75, 3.05) is 0 Å². The van der Waals surface area contributed by atoms with Crippen molar-refractivity contribution in [3.05, 3.63) is 195 Å². The van der Waals surface area contributed by atoms with Crippen molar-refractivity contribution in [3.8, 4) is 0 Å². The Bertz CT molecular complexity index is 3240. The quantitative estimate of drug-likeness (QED) is 0.149. The van der Waals surface area contributed by atoms with Crippen LogP contribution in [0.1, 0.15) is 108 Å². The highest BCUT2D eigenvalue weighted by Crippen LogP contribution is 2.38. The molecule has 0 spiro atoms. The van der Waals surface area contributed by atoms with Crippen LogP contribution in [0.2, 0.25) is 0 Å². The third kappa shape index (κ3) is 6.40. The van der Waals surface area contributed by atoms with E-state index in [4.69, 9.17) is 0 Å². The first-order valence-electron chi connectivity index (χ1n) is 26.0. The van der Waals surface area contributed by atoms with Crippen LogP contribution in [0.5, 0.6) is 0 Å². The Balaban J connectivity index is 1.24. The molecule has 14 rings (SSSR count). The van der Waals surface area contributed by atoms with Gasteiger partial charge >= 0.3 is 0 Å². The summed E-state index contributed by atoms with van der Waals surface area (Å²) >= 11 is 0. The van der Waals surface area contributed by atoms with Crippen LogP contribution in [-0.2, 0) is 77.8 Å². The van der Waals surface area contributed by atoms with Gasteiger partial charge in [0.15, 0.2) is 33.1 Å². The first kappa shape index (κ1) is 42.1. The zero-order chi connectivity index (χ0) is 46.7. The van der Waals surface area contributed by atoms with Crippen LogP contribution in [0.15, 0.2) is 128 Å². The Labute approximate surface area is 405 Å². The van der Waals surface area contributed by atoms with Crippen LogP contribution in [0.3, 0.4) is 0 Å². The van der Waals surface area contributed by atoms with Crippen LogP contribution < -0.4 is 13.7 Å². The first-order valence-corrected chi connectivity index (χ1v) is 26.0. The molecule has 0 unspecified atom stereocenters. The Hall–Kier alpha value is -7.05. The first-order chi connectivity index (χ1) is 33.9. The highest BCUT2D eigenvalue weighted by atomic mass is 15.2. The van der Waals surface area contributed by atoms with Crippen molar-refractivity contribution < 1.29 is 13.7 Å². The molecule has 0 saturated carbocycles. The molecule has 12 bridgehead atoms. The molecular formula is C63H63N6+3. The standard InChI is InChI=1S/C63H63N6/c1-7-46-52-31-64-37-67(60-27-42-21-15-13-19-40(42)25-58(60)64)34-55-49(10-4)56-35-68-38-65(59-26-41-20-14-16-22-43(41)28-61(59)68)32-53(46)48(9-3)54(47(52)8-2)33-66-39-69(36-57(50(55)11-5)51(56)12-6)63-30-45-24-18-17-23-44(45)29-62(63)66/h13-30,37-39H,7-12,31-36H2,1-6H3/q+3. The van der Waals surface area contributed by atoms with Crippen LogP contribution in [0.25, 0.3) is 65.4 Å². The minimum absolute atomic E-state index is 0.818. The fourth-order valence-electron chi connectivity index (χ4n) is 13.6. The topological polar surface area (TPSA) is 26.4 Å². The van der Waals surface area contributed by atoms with Gasteiger partial charge in [-0.3, -0.25) is 0 Å². The molecule has 69 heavy (non-hydrogen) atoms. The van der Waals surface area contributed by atoms with Gasteiger partial charge in [0.25, 0.3) is 0 Å². The van der Waals surface area contributed by atoms with E-state index in [-0.39, 0.29) is 0 Å². The molecule has 342 valence electrons. The van der Waals surface area contributed by atoms with Crippen LogP contribution in [-0.4, -0.2) is 13.7 Å². The lowest BCUT2D eigenvalue weighted by Crippen LogP contribution is -2.39. The van der Waals surface area contributed by atoms with Gasteiger partial charge in [-0.2, -0.15) is 0 Å². The zero-order valence-corrected chi connectivity index (χ0v) is 41.3. The van der Waals surface area contributed by atoms with Crippen molar-refractivity contribution in [2.45, 2.75) is 119 Å². The summed E-state index contributed by atoms with van der Waals surface area (Å²) in [6.07, 6.45) is 13.3. The number of nitrogens with zero attached hydrogens (tertiary/aromatic N) is 6. The molecule has 3 aliphatic rings. The van der Waals surface area contributed by atoms with Crippen molar-refractivity contribution >= 4 is 65.4 Å². The van der Waals surface area contributed by atoms with E-state index < -0.39 is 0 Å². The Kier molecular flexibility index (Phi) is 9.94. The van der Waals surface area contributed by atoms with Crippen molar-refractivity contribution in [3.63, 3.8) is 0 Å². The van der Waals surface area contributed by atoms with E-state index in [1.165, 1.54) is 132 Å². The second-order valence-electron chi connectivity index (χ2n) is 20.0. The summed E-state index contributed by atoms with van der Waals surface area (Å²) < 4.78 is 15.8. The number of hydrogen-bond acceptors (Lipinski definition) is 0. The predicted octanol–water partition coefficient (Wildman–Crippen LogP) is 12.2. The number of rotatable bonds is 6. The molecule has 6 nitrogen and oxygen atoms in total. The maximum absolute atomic E-state index is 2.63. The highest BCUT2D eigenvalue weighted by molar-refractivity contribution is 5.96. The molecule has 6 heteroatoms. The molecule has 8 aromatic carbocycles. The SMILES string of the molecule is CCc1c2c(CC)c3c(CC)c1Cn1c[n+](c4cc5ccccc5cc41)Cc1c(CC)c(c(CC)c(c1CC)C[n+]1cn(c4cc5ccccc5cc41)C3)C[n+]1cn(c3cc4ccccc4cc31)C2. The molecule has 0 radical (unpaired) electrons. The lowest BCUT2D eigenvalue weighted by Gasteiger charge is -2.25. The maximum Gasteiger partial charge on any atom is 0.245 e. The summed E-state index contributed by atoms with van der Waals surface area (Å²) in [4.78, 5) is 0. The molecule has 0 fully saturated rings. The van der Waals surface area contributed by atoms with Crippen molar-refractivity contribution in [2.24, 2.45) is 0 Å². The zero-order valence-electron chi connectivity index (χ0n) is 41.3. The molecule has 0 N–H and O–H groups in total. The lowest BCUT2D eigenvalue weighted by molar-refractivity contribution is -0.665. The Morgan fingerprint density at radius 1 is 0.319 bits per heavy atom. The van der Waals surface area contributed by atoms with E-state index in [0.717, 1.165) is 77.8 Å². The van der Waals surface area contributed by atoms with Crippen molar-refractivity contribution in [1.82, 2.24) is 13.7 Å².